The van der Waals surface area contributed by atoms with Gasteiger partial charge in [-0.05, 0) is 38.1 Å². The Hall–Kier alpha value is -1.68. The zero-order valence-electron chi connectivity index (χ0n) is 9.27. The van der Waals surface area contributed by atoms with Crippen molar-refractivity contribution in [3.8, 4) is 5.69 Å². The fourth-order valence-corrected chi connectivity index (χ4v) is 1.68. The third-order valence-corrected chi connectivity index (χ3v) is 2.92. The first-order valence-corrected chi connectivity index (χ1v) is 5.41. The molecule has 4 heteroatoms. The molecule has 0 atom stereocenters. The standard InChI is InChI=1S/C12H13N3S/c1-8-9(2)15(7-14-8)11-5-3-10(4-6-11)12(13)16/h3-7H,1-2H3,(H2,13,16). The van der Waals surface area contributed by atoms with E-state index in [0.717, 1.165) is 22.6 Å². The van der Waals surface area contributed by atoms with Gasteiger partial charge in [0.15, 0.2) is 0 Å². The number of imidazole rings is 1. The molecule has 1 heterocycles. The number of benzene rings is 1. The predicted octanol–water partition coefficient (Wildman–Crippen LogP) is 2.12. The third kappa shape index (κ3) is 1.84. The number of hydrogen-bond acceptors (Lipinski definition) is 2. The Morgan fingerprint density at radius 3 is 2.31 bits per heavy atom. The number of hydrogen-bond donors (Lipinski definition) is 1. The molecule has 0 bridgehead atoms. The van der Waals surface area contributed by atoms with Gasteiger partial charge in [0.05, 0.1) is 12.0 Å². The first kappa shape index (κ1) is 10.8. The number of nitrogens with two attached hydrogens (primary N) is 1. The quantitative estimate of drug-likeness (QED) is 0.805. The zero-order chi connectivity index (χ0) is 11.7. The van der Waals surface area contributed by atoms with Crippen LogP contribution in [0.1, 0.15) is 17.0 Å². The number of nitrogens with zero attached hydrogens (tertiary/aromatic N) is 2. The van der Waals surface area contributed by atoms with Crippen LogP contribution in [-0.4, -0.2) is 14.5 Å². The molecule has 0 fully saturated rings. The van der Waals surface area contributed by atoms with Crippen molar-refractivity contribution in [3.63, 3.8) is 0 Å². The van der Waals surface area contributed by atoms with Crippen molar-refractivity contribution in [3.05, 3.63) is 47.5 Å². The molecule has 0 radical (unpaired) electrons. The monoisotopic (exact) mass is 231 g/mol. The van der Waals surface area contributed by atoms with Crippen LogP contribution in [0.2, 0.25) is 0 Å². The van der Waals surface area contributed by atoms with Gasteiger partial charge in [-0.2, -0.15) is 0 Å². The van der Waals surface area contributed by atoms with Gasteiger partial charge < -0.3 is 10.3 Å². The molecule has 0 aliphatic heterocycles. The second kappa shape index (κ2) is 4.06. The predicted molar refractivity (Wildman–Crippen MR) is 68.9 cm³/mol. The molecular weight excluding hydrogens is 218 g/mol. The first-order chi connectivity index (χ1) is 7.59. The summed E-state index contributed by atoms with van der Waals surface area (Å²) < 4.78 is 2.04. The normalized spacial score (nSPS) is 10.4. The molecule has 82 valence electrons. The molecule has 2 aromatic rings. The fraction of sp³-hybridized carbons (Fsp3) is 0.167. The molecule has 0 amide bonds. The second-order valence-electron chi connectivity index (χ2n) is 3.70. The molecule has 16 heavy (non-hydrogen) atoms. The molecule has 1 aromatic heterocycles. The summed E-state index contributed by atoms with van der Waals surface area (Å²) in [6.45, 7) is 4.04. The van der Waals surface area contributed by atoms with Crippen LogP contribution in [0.5, 0.6) is 0 Å². The van der Waals surface area contributed by atoms with E-state index in [-0.39, 0.29) is 0 Å². The summed E-state index contributed by atoms with van der Waals surface area (Å²) in [5.74, 6) is 0. The Morgan fingerprint density at radius 2 is 1.88 bits per heavy atom. The van der Waals surface area contributed by atoms with E-state index in [4.69, 9.17) is 18.0 Å². The number of aromatic nitrogens is 2. The molecular formula is C12H13N3S. The number of rotatable bonds is 2. The van der Waals surface area contributed by atoms with E-state index >= 15 is 0 Å². The largest absolute Gasteiger partial charge is 0.389 e. The Kier molecular flexibility index (Phi) is 2.75. The summed E-state index contributed by atoms with van der Waals surface area (Å²) in [6, 6.07) is 7.82. The minimum Gasteiger partial charge on any atom is -0.389 e. The molecule has 0 aliphatic rings. The minimum atomic E-state index is 0.421. The molecule has 0 spiro atoms. The van der Waals surface area contributed by atoms with Crippen LogP contribution < -0.4 is 5.73 Å². The molecule has 0 saturated carbocycles. The highest BCUT2D eigenvalue weighted by Crippen LogP contribution is 2.14. The van der Waals surface area contributed by atoms with Crippen LogP contribution in [0.3, 0.4) is 0 Å². The topological polar surface area (TPSA) is 43.8 Å². The van der Waals surface area contributed by atoms with Gasteiger partial charge >= 0.3 is 0 Å². The molecule has 0 saturated heterocycles. The van der Waals surface area contributed by atoms with E-state index in [1.165, 1.54) is 0 Å². The van der Waals surface area contributed by atoms with Gasteiger partial charge in [0, 0.05) is 16.9 Å². The van der Waals surface area contributed by atoms with Crippen molar-refractivity contribution in [1.29, 1.82) is 0 Å². The van der Waals surface area contributed by atoms with Gasteiger partial charge in [0.25, 0.3) is 0 Å². The highest BCUT2D eigenvalue weighted by Gasteiger charge is 2.04. The van der Waals surface area contributed by atoms with Gasteiger partial charge in [-0.3, -0.25) is 0 Å². The van der Waals surface area contributed by atoms with Crippen molar-refractivity contribution in [1.82, 2.24) is 9.55 Å². The Balaban J connectivity index is 2.42. The number of thiocarbonyl (C=S) groups is 1. The number of aryl methyl sites for hydroxylation is 1. The van der Waals surface area contributed by atoms with Gasteiger partial charge in [-0.25, -0.2) is 4.98 Å². The third-order valence-electron chi connectivity index (χ3n) is 2.68. The average Bonchev–Trinajstić information content (AvgIpc) is 2.60. The smallest absolute Gasteiger partial charge is 0.103 e. The van der Waals surface area contributed by atoms with Gasteiger partial charge in [-0.1, -0.05) is 12.2 Å². The summed E-state index contributed by atoms with van der Waals surface area (Å²) in [7, 11) is 0. The maximum Gasteiger partial charge on any atom is 0.103 e. The van der Waals surface area contributed by atoms with Crippen molar-refractivity contribution in [2.45, 2.75) is 13.8 Å². The molecule has 0 unspecified atom stereocenters. The second-order valence-corrected chi connectivity index (χ2v) is 4.14. The molecule has 3 nitrogen and oxygen atoms in total. The van der Waals surface area contributed by atoms with E-state index in [2.05, 4.69) is 4.98 Å². The lowest BCUT2D eigenvalue weighted by molar-refractivity contribution is 1.00. The van der Waals surface area contributed by atoms with E-state index < -0.39 is 0 Å². The molecule has 2 rings (SSSR count). The summed E-state index contributed by atoms with van der Waals surface area (Å²) in [5, 5.41) is 0. The van der Waals surface area contributed by atoms with Gasteiger partial charge in [0.1, 0.15) is 4.99 Å². The van der Waals surface area contributed by atoms with E-state index in [1.54, 1.807) is 0 Å². The van der Waals surface area contributed by atoms with Crippen LogP contribution in [-0.2, 0) is 0 Å². The molecule has 2 N–H and O–H groups in total. The Bertz CT molecular complexity index is 526. The minimum absolute atomic E-state index is 0.421. The fourth-order valence-electron chi connectivity index (χ4n) is 1.55. The first-order valence-electron chi connectivity index (χ1n) is 5.00. The summed E-state index contributed by atoms with van der Waals surface area (Å²) in [5.41, 5.74) is 9.68. The highest BCUT2D eigenvalue weighted by atomic mass is 32.1. The molecule has 1 aromatic carbocycles. The SMILES string of the molecule is Cc1ncn(-c2ccc(C(N)=S)cc2)c1C. The van der Waals surface area contributed by atoms with Gasteiger partial charge in [-0.15, -0.1) is 0 Å². The highest BCUT2D eigenvalue weighted by molar-refractivity contribution is 7.80. The van der Waals surface area contributed by atoms with Crippen LogP contribution in [0.15, 0.2) is 30.6 Å². The lowest BCUT2D eigenvalue weighted by atomic mass is 10.2. The van der Waals surface area contributed by atoms with Crippen molar-refractivity contribution in [2.75, 3.05) is 0 Å². The van der Waals surface area contributed by atoms with Crippen LogP contribution >= 0.6 is 12.2 Å². The van der Waals surface area contributed by atoms with Crippen LogP contribution in [0, 0.1) is 13.8 Å². The van der Waals surface area contributed by atoms with Gasteiger partial charge in [0.2, 0.25) is 0 Å². The Morgan fingerprint density at radius 1 is 1.25 bits per heavy atom. The van der Waals surface area contributed by atoms with E-state index in [1.807, 2.05) is 49.0 Å². The van der Waals surface area contributed by atoms with E-state index in [0.29, 0.717) is 4.99 Å². The van der Waals surface area contributed by atoms with E-state index in [9.17, 15) is 0 Å². The van der Waals surface area contributed by atoms with Crippen LogP contribution in [0.25, 0.3) is 5.69 Å². The summed E-state index contributed by atoms with van der Waals surface area (Å²) in [6.07, 6.45) is 1.82. The lowest BCUT2D eigenvalue weighted by Gasteiger charge is -2.06. The zero-order valence-corrected chi connectivity index (χ0v) is 10.1. The summed E-state index contributed by atoms with van der Waals surface area (Å²) in [4.78, 5) is 4.68. The maximum atomic E-state index is 5.55. The van der Waals surface area contributed by atoms with Crippen LogP contribution in [0.4, 0.5) is 0 Å². The van der Waals surface area contributed by atoms with Crippen molar-refractivity contribution < 1.29 is 0 Å². The lowest BCUT2D eigenvalue weighted by Crippen LogP contribution is -2.09. The van der Waals surface area contributed by atoms with Crippen molar-refractivity contribution in [2.24, 2.45) is 5.73 Å². The molecule has 0 aliphatic carbocycles. The average molecular weight is 231 g/mol. The summed E-state index contributed by atoms with van der Waals surface area (Å²) >= 11 is 4.91. The Labute approximate surface area is 99.9 Å². The van der Waals surface area contributed by atoms with Crippen molar-refractivity contribution >= 4 is 17.2 Å². The maximum absolute atomic E-state index is 5.55.